The summed E-state index contributed by atoms with van der Waals surface area (Å²) in [4.78, 5) is 10.6. The zero-order valence-electron chi connectivity index (χ0n) is 13.1. The molecule has 26 heavy (non-hydrogen) atoms. The Kier molecular flexibility index (Phi) is 4.76. The average Bonchev–Trinajstić information content (AvgIpc) is 3.16. The summed E-state index contributed by atoms with van der Waals surface area (Å²) in [6, 6.07) is 4.34. The van der Waals surface area contributed by atoms with E-state index in [1.165, 1.54) is 12.1 Å². The van der Waals surface area contributed by atoms with Gasteiger partial charge in [0.25, 0.3) is 5.01 Å². The van der Waals surface area contributed by atoms with E-state index >= 15 is 0 Å². The molecular weight excluding hydrogens is 394 g/mol. The van der Waals surface area contributed by atoms with Crippen molar-refractivity contribution in [3.8, 4) is 0 Å². The molecule has 0 amide bonds. The van der Waals surface area contributed by atoms with Crippen molar-refractivity contribution in [2.75, 3.05) is 0 Å². The Morgan fingerprint density at radius 3 is 2.58 bits per heavy atom. The normalized spacial score (nSPS) is 11.9. The second kappa shape index (κ2) is 6.86. The molecule has 3 rings (SSSR count). The van der Waals surface area contributed by atoms with E-state index in [-0.39, 0.29) is 4.90 Å². The summed E-state index contributed by atoms with van der Waals surface area (Å²) in [6.07, 6.45) is -0.982. The number of aryl methyl sites for hydroxylation is 1. The van der Waals surface area contributed by atoms with Crippen LogP contribution in [-0.4, -0.2) is 17.8 Å². The van der Waals surface area contributed by atoms with Gasteiger partial charge in [-0.1, -0.05) is 11.3 Å². The summed E-state index contributed by atoms with van der Waals surface area (Å²) in [5.41, 5.74) is 1.14. The zero-order valence-corrected chi connectivity index (χ0v) is 15.6. The first-order chi connectivity index (χ1) is 12.3. The first kappa shape index (κ1) is 18.0. The zero-order chi connectivity index (χ0) is 18.9. The van der Waals surface area contributed by atoms with E-state index in [1.807, 2.05) is 0 Å². The van der Waals surface area contributed by atoms with Gasteiger partial charge < -0.3 is 0 Å². The van der Waals surface area contributed by atoms with E-state index in [4.69, 9.17) is 18.3 Å². The van der Waals surface area contributed by atoms with Crippen molar-refractivity contribution in [1.82, 2.24) is 9.36 Å². The molecule has 12 heteroatoms. The van der Waals surface area contributed by atoms with Gasteiger partial charge in [0.05, 0.1) is 16.1 Å². The maximum Gasteiger partial charge on any atom is 0.528 e. The van der Waals surface area contributed by atoms with Crippen molar-refractivity contribution in [1.29, 1.82) is 0 Å². The smallest absolute Gasteiger partial charge is 0.229 e. The first-order valence-electron chi connectivity index (χ1n) is 6.88. The highest BCUT2D eigenvalue weighted by molar-refractivity contribution is 7.89. The molecule has 9 nitrogen and oxygen atoms in total. The Labute approximate surface area is 156 Å². The van der Waals surface area contributed by atoms with E-state index in [9.17, 15) is 8.42 Å². The molecule has 3 aromatic rings. The SMILES string of the molecule is [C-]#[N+]C([N+]#[C-])c1nc(C)c(/N=N/c2snc3ccc(S(N)(=O)=O)cc23)s1. The molecular formula is C14H9N7O2S3. The largest absolute Gasteiger partial charge is 0.528 e. The number of aromatic nitrogens is 2. The highest BCUT2D eigenvalue weighted by atomic mass is 32.2. The minimum absolute atomic E-state index is 0.0325. The standard InChI is InChI=1S/C14H9N7O2S3/c1-7-12(24-14(18-7)11(16-2)17-3)19-20-13-9-6-8(26(15,22)23)4-5-10(9)21-25-13/h4-6,11H,1H3,(H2,15,22,23)/b20-19+. The average molecular weight is 403 g/mol. The summed E-state index contributed by atoms with van der Waals surface area (Å²) in [5, 5.41) is 15.2. The van der Waals surface area contributed by atoms with Gasteiger partial charge in [-0.3, -0.25) is 0 Å². The Morgan fingerprint density at radius 1 is 1.23 bits per heavy atom. The fourth-order valence-electron chi connectivity index (χ4n) is 2.00. The first-order valence-corrected chi connectivity index (χ1v) is 10.0. The highest BCUT2D eigenvalue weighted by Crippen LogP contribution is 2.37. The number of sulfonamides is 1. The van der Waals surface area contributed by atoms with Crippen molar-refractivity contribution < 1.29 is 8.42 Å². The molecule has 130 valence electrons. The van der Waals surface area contributed by atoms with E-state index in [0.29, 0.717) is 31.6 Å². The molecule has 2 N–H and O–H groups in total. The van der Waals surface area contributed by atoms with Crippen LogP contribution in [0, 0.1) is 20.1 Å². The molecule has 0 bridgehead atoms. The Bertz CT molecular complexity index is 1200. The molecule has 0 aliphatic rings. The summed E-state index contributed by atoms with van der Waals surface area (Å²) in [7, 11) is -3.83. The third-order valence-electron chi connectivity index (χ3n) is 3.24. The lowest BCUT2D eigenvalue weighted by Gasteiger charge is -1.97. The number of nitrogens with zero attached hydrogens (tertiary/aromatic N) is 6. The van der Waals surface area contributed by atoms with Crippen molar-refractivity contribution in [2.24, 2.45) is 15.4 Å². The molecule has 2 aromatic heterocycles. The van der Waals surface area contributed by atoms with Crippen LogP contribution in [0.3, 0.4) is 0 Å². The van der Waals surface area contributed by atoms with Crippen LogP contribution in [0.2, 0.25) is 0 Å². The lowest BCUT2D eigenvalue weighted by Crippen LogP contribution is -2.11. The van der Waals surface area contributed by atoms with Gasteiger partial charge in [0.15, 0.2) is 10.0 Å². The van der Waals surface area contributed by atoms with Gasteiger partial charge in [0.1, 0.15) is 0 Å². The molecule has 1 aromatic carbocycles. The van der Waals surface area contributed by atoms with E-state index in [0.717, 1.165) is 22.9 Å². The number of thiazole rings is 1. The number of benzene rings is 1. The molecule has 0 saturated carbocycles. The van der Waals surface area contributed by atoms with Gasteiger partial charge in [-0.05, 0) is 36.7 Å². The van der Waals surface area contributed by atoms with Crippen LogP contribution in [0.4, 0.5) is 10.0 Å². The predicted molar refractivity (Wildman–Crippen MR) is 98.0 cm³/mol. The third kappa shape index (κ3) is 3.44. The van der Waals surface area contributed by atoms with Crippen LogP contribution < -0.4 is 5.14 Å². The molecule has 2 heterocycles. The molecule has 0 aliphatic carbocycles. The van der Waals surface area contributed by atoms with Gasteiger partial charge >= 0.3 is 6.17 Å². The molecule has 0 unspecified atom stereocenters. The number of hydrogen-bond acceptors (Lipinski definition) is 8. The van der Waals surface area contributed by atoms with Crippen LogP contribution in [0.15, 0.2) is 33.3 Å². The maximum absolute atomic E-state index is 11.5. The van der Waals surface area contributed by atoms with Crippen molar-refractivity contribution in [3.05, 3.63) is 51.7 Å². The quantitative estimate of drug-likeness (QED) is 0.523. The summed E-state index contributed by atoms with van der Waals surface area (Å²) < 4.78 is 27.2. The lowest BCUT2D eigenvalue weighted by atomic mass is 10.2. The topological polar surface area (TPSA) is 119 Å². The third-order valence-corrected chi connectivity index (χ3v) is 6.00. The second-order valence-electron chi connectivity index (χ2n) is 4.99. The van der Waals surface area contributed by atoms with E-state index in [1.54, 1.807) is 13.0 Å². The van der Waals surface area contributed by atoms with Crippen LogP contribution >= 0.6 is 22.9 Å². The van der Waals surface area contributed by atoms with Crippen LogP contribution in [0.5, 0.6) is 0 Å². The molecule has 0 radical (unpaired) electrons. The summed E-state index contributed by atoms with van der Waals surface area (Å²) in [6.45, 7) is 15.7. The van der Waals surface area contributed by atoms with Gasteiger partial charge in [0.2, 0.25) is 10.0 Å². The molecule has 0 aliphatic heterocycles. The number of fused-ring (bicyclic) bond motifs is 1. The Balaban J connectivity index is 1.99. The van der Waals surface area contributed by atoms with Crippen molar-refractivity contribution in [2.45, 2.75) is 18.0 Å². The van der Waals surface area contributed by atoms with E-state index < -0.39 is 16.2 Å². The van der Waals surface area contributed by atoms with Crippen LogP contribution in [0.25, 0.3) is 20.6 Å². The number of azo groups is 1. The molecule has 0 saturated heterocycles. The fourth-order valence-corrected chi connectivity index (χ4v) is 4.09. The maximum atomic E-state index is 11.5. The van der Waals surface area contributed by atoms with Crippen molar-refractivity contribution >= 4 is 53.8 Å². The highest BCUT2D eigenvalue weighted by Gasteiger charge is 2.26. The van der Waals surface area contributed by atoms with Gasteiger partial charge in [-0.25, -0.2) is 41.4 Å². The fraction of sp³-hybridized carbons (Fsp3) is 0.143. The monoisotopic (exact) mass is 403 g/mol. The Hall–Kier alpha value is -2.77. The molecule has 0 spiro atoms. The minimum Gasteiger partial charge on any atom is -0.229 e. The Morgan fingerprint density at radius 2 is 1.92 bits per heavy atom. The number of hydrogen-bond donors (Lipinski definition) is 1. The van der Waals surface area contributed by atoms with E-state index in [2.05, 4.69) is 29.3 Å². The number of rotatable bonds is 4. The summed E-state index contributed by atoms with van der Waals surface area (Å²) in [5.74, 6) is 0. The number of primary sulfonamides is 1. The van der Waals surface area contributed by atoms with Gasteiger partial charge in [-0.2, -0.15) is 4.37 Å². The molecule has 0 fully saturated rings. The summed E-state index contributed by atoms with van der Waals surface area (Å²) >= 11 is 2.19. The van der Waals surface area contributed by atoms with Crippen LogP contribution in [-0.2, 0) is 10.0 Å². The second-order valence-corrected chi connectivity index (χ2v) is 8.31. The molecule has 0 atom stereocenters. The van der Waals surface area contributed by atoms with Gasteiger partial charge in [-0.15, -0.1) is 10.2 Å². The van der Waals surface area contributed by atoms with Crippen LogP contribution in [0.1, 0.15) is 16.9 Å². The lowest BCUT2D eigenvalue weighted by molar-refractivity contribution is 0.598. The number of nitrogens with two attached hydrogens (primary N) is 1. The minimum atomic E-state index is -3.83. The van der Waals surface area contributed by atoms with Gasteiger partial charge in [0, 0.05) is 5.39 Å². The van der Waals surface area contributed by atoms with Crippen molar-refractivity contribution in [3.63, 3.8) is 0 Å². The predicted octanol–water partition coefficient (Wildman–Crippen LogP) is 3.96.